The first-order chi connectivity index (χ1) is 8.00. The van der Waals surface area contributed by atoms with Crippen molar-refractivity contribution in [3.63, 3.8) is 0 Å². The van der Waals surface area contributed by atoms with Crippen molar-refractivity contribution in [2.24, 2.45) is 5.41 Å². The van der Waals surface area contributed by atoms with E-state index in [4.69, 9.17) is 4.42 Å². The van der Waals surface area contributed by atoms with Crippen LogP contribution < -0.4 is 11.1 Å². The van der Waals surface area contributed by atoms with Crippen LogP contribution in [0.2, 0.25) is 0 Å². The van der Waals surface area contributed by atoms with Gasteiger partial charge in [0.2, 0.25) is 0 Å². The minimum absolute atomic E-state index is 0.187. The van der Waals surface area contributed by atoms with Gasteiger partial charge in [-0.1, -0.05) is 19.9 Å². The third-order valence-corrected chi connectivity index (χ3v) is 2.82. The molecule has 92 valence electrons. The van der Waals surface area contributed by atoms with Crippen molar-refractivity contribution < 1.29 is 4.42 Å². The molecule has 0 fully saturated rings. The highest BCUT2D eigenvalue weighted by Gasteiger charge is 2.17. The molecule has 0 radical (unpaired) electrons. The van der Waals surface area contributed by atoms with Crippen molar-refractivity contribution in [3.8, 4) is 0 Å². The smallest absolute Gasteiger partial charge is 0.408 e. The standard InChI is InChI=1S/C13H18N2O2/c1-13(2,8-14-3)7-9-4-5-11-10(6-9)15-12(16)17-11/h4-6,14H,7-8H2,1-3H3,(H,15,16). The molecule has 0 unspecified atom stereocenters. The molecule has 2 rings (SSSR count). The van der Waals surface area contributed by atoms with E-state index in [0.717, 1.165) is 18.5 Å². The van der Waals surface area contributed by atoms with Gasteiger partial charge < -0.3 is 9.73 Å². The van der Waals surface area contributed by atoms with Crippen LogP contribution in [0.5, 0.6) is 0 Å². The largest absolute Gasteiger partial charge is 0.417 e. The highest BCUT2D eigenvalue weighted by Crippen LogP contribution is 2.22. The molecule has 4 heteroatoms. The van der Waals surface area contributed by atoms with E-state index in [-0.39, 0.29) is 5.41 Å². The van der Waals surface area contributed by atoms with Gasteiger partial charge in [-0.2, -0.15) is 0 Å². The Bertz CT molecular complexity index is 566. The van der Waals surface area contributed by atoms with Crippen molar-refractivity contribution in [2.75, 3.05) is 13.6 Å². The van der Waals surface area contributed by atoms with E-state index in [2.05, 4.69) is 24.1 Å². The summed E-state index contributed by atoms with van der Waals surface area (Å²) in [6.07, 6.45) is 0.955. The SMILES string of the molecule is CNCC(C)(C)Cc1ccc2oc(=O)[nH]c2c1. The number of aromatic nitrogens is 1. The zero-order valence-corrected chi connectivity index (χ0v) is 10.5. The number of aromatic amines is 1. The summed E-state index contributed by atoms with van der Waals surface area (Å²) in [4.78, 5) is 13.7. The van der Waals surface area contributed by atoms with Crippen molar-refractivity contribution >= 4 is 11.1 Å². The molecule has 0 saturated heterocycles. The van der Waals surface area contributed by atoms with E-state index < -0.39 is 5.76 Å². The molecule has 1 heterocycles. The van der Waals surface area contributed by atoms with E-state index in [1.54, 1.807) is 0 Å². The second-order valence-electron chi connectivity index (χ2n) is 5.22. The Kier molecular flexibility index (Phi) is 3.07. The molecule has 2 aromatic rings. The fourth-order valence-corrected chi connectivity index (χ4v) is 2.20. The van der Waals surface area contributed by atoms with Crippen LogP contribution in [0.1, 0.15) is 19.4 Å². The van der Waals surface area contributed by atoms with Crippen LogP contribution in [0.15, 0.2) is 27.4 Å². The first-order valence-electron chi connectivity index (χ1n) is 5.76. The maximum atomic E-state index is 11.1. The van der Waals surface area contributed by atoms with Gasteiger partial charge in [0.1, 0.15) is 0 Å². The number of rotatable bonds is 4. The minimum Gasteiger partial charge on any atom is -0.408 e. The maximum absolute atomic E-state index is 11.1. The minimum atomic E-state index is -0.397. The molecule has 0 amide bonds. The first kappa shape index (κ1) is 11.9. The zero-order valence-electron chi connectivity index (χ0n) is 10.5. The van der Waals surface area contributed by atoms with Gasteiger partial charge in [0, 0.05) is 6.54 Å². The van der Waals surface area contributed by atoms with Crippen LogP contribution >= 0.6 is 0 Å². The Balaban J connectivity index is 2.27. The van der Waals surface area contributed by atoms with Gasteiger partial charge >= 0.3 is 5.76 Å². The second kappa shape index (κ2) is 4.37. The van der Waals surface area contributed by atoms with Crippen LogP contribution in [0, 0.1) is 5.41 Å². The van der Waals surface area contributed by atoms with Gasteiger partial charge in [0.25, 0.3) is 0 Å². The molecule has 1 aromatic carbocycles. The van der Waals surface area contributed by atoms with Crippen molar-refractivity contribution in [1.82, 2.24) is 10.3 Å². The third kappa shape index (κ3) is 2.77. The predicted octanol–water partition coefficient (Wildman–Crippen LogP) is 1.91. The normalized spacial score (nSPS) is 12.2. The average Bonchev–Trinajstić information content (AvgIpc) is 2.56. The van der Waals surface area contributed by atoms with Gasteiger partial charge in [-0.05, 0) is 36.6 Å². The summed E-state index contributed by atoms with van der Waals surface area (Å²) in [7, 11) is 1.96. The van der Waals surface area contributed by atoms with Gasteiger partial charge in [0.05, 0.1) is 5.52 Å². The van der Waals surface area contributed by atoms with Crippen molar-refractivity contribution in [3.05, 3.63) is 34.3 Å². The number of nitrogens with one attached hydrogen (secondary N) is 2. The van der Waals surface area contributed by atoms with Gasteiger partial charge in [-0.3, -0.25) is 4.98 Å². The van der Waals surface area contributed by atoms with Gasteiger partial charge in [0.15, 0.2) is 5.58 Å². The molecular formula is C13H18N2O2. The molecule has 2 N–H and O–H groups in total. The molecule has 0 saturated carbocycles. The Hall–Kier alpha value is -1.55. The topological polar surface area (TPSA) is 58.0 Å². The molecule has 0 spiro atoms. The van der Waals surface area contributed by atoms with Crippen LogP contribution in [0.3, 0.4) is 0 Å². The number of fused-ring (bicyclic) bond motifs is 1. The van der Waals surface area contributed by atoms with Gasteiger partial charge in [-0.15, -0.1) is 0 Å². The second-order valence-corrected chi connectivity index (χ2v) is 5.22. The quantitative estimate of drug-likeness (QED) is 0.849. The highest BCUT2D eigenvalue weighted by atomic mass is 16.4. The summed E-state index contributed by atoms with van der Waals surface area (Å²) >= 11 is 0. The summed E-state index contributed by atoms with van der Waals surface area (Å²) in [5, 5.41) is 3.19. The predicted molar refractivity (Wildman–Crippen MR) is 68.2 cm³/mol. The maximum Gasteiger partial charge on any atom is 0.417 e. The number of H-pyrrole nitrogens is 1. The highest BCUT2D eigenvalue weighted by molar-refractivity contribution is 5.72. The van der Waals surface area contributed by atoms with Crippen LogP contribution in [0.25, 0.3) is 11.1 Å². The molecule has 17 heavy (non-hydrogen) atoms. The molecule has 0 atom stereocenters. The lowest BCUT2D eigenvalue weighted by molar-refractivity contribution is 0.350. The Morgan fingerprint density at radius 2 is 2.18 bits per heavy atom. The summed E-state index contributed by atoms with van der Waals surface area (Å²) < 4.78 is 4.98. The van der Waals surface area contributed by atoms with E-state index in [0.29, 0.717) is 5.58 Å². The van der Waals surface area contributed by atoms with Crippen LogP contribution in [-0.2, 0) is 6.42 Å². The number of hydrogen-bond acceptors (Lipinski definition) is 3. The molecule has 0 bridgehead atoms. The fraction of sp³-hybridized carbons (Fsp3) is 0.462. The van der Waals surface area contributed by atoms with E-state index in [1.165, 1.54) is 5.56 Å². The Labute approximate surface area is 100 Å². The lowest BCUT2D eigenvalue weighted by Crippen LogP contribution is -2.28. The average molecular weight is 234 g/mol. The lowest BCUT2D eigenvalue weighted by Gasteiger charge is -2.24. The van der Waals surface area contributed by atoms with Crippen molar-refractivity contribution in [1.29, 1.82) is 0 Å². The van der Waals surface area contributed by atoms with Gasteiger partial charge in [-0.25, -0.2) is 4.79 Å². The summed E-state index contributed by atoms with van der Waals surface area (Å²) in [5.74, 6) is -0.397. The first-order valence-corrected chi connectivity index (χ1v) is 5.76. The molecular weight excluding hydrogens is 216 g/mol. The Morgan fingerprint density at radius 3 is 2.88 bits per heavy atom. The number of benzene rings is 1. The summed E-state index contributed by atoms with van der Waals surface area (Å²) in [5.41, 5.74) is 2.78. The zero-order chi connectivity index (χ0) is 12.5. The van der Waals surface area contributed by atoms with E-state index in [9.17, 15) is 4.79 Å². The van der Waals surface area contributed by atoms with E-state index in [1.807, 2.05) is 25.2 Å². The van der Waals surface area contributed by atoms with Crippen molar-refractivity contribution in [2.45, 2.75) is 20.3 Å². The summed E-state index contributed by atoms with van der Waals surface area (Å²) in [6.45, 7) is 5.38. The van der Waals surface area contributed by atoms with Crippen LogP contribution in [-0.4, -0.2) is 18.6 Å². The monoisotopic (exact) mass is 234 g/mol. The number of hydrogen-bond donors (Lipinski definition) is 2. The van der Waals surface area contributed by atoms with E-state index >= 15 is 0 Å². The third-order valence-electron chi connectivity index (χ3n) is 2.82. The van der Waals surface area contributed by atoms with Crippen LogP contribution in [0.4, 0.5) is 0 Å². The molecule has 4 nitrogen and oxygen atoms in total. The fourth-order valence-electron chi connectivity index (χ4n) is 2.20. The molecule has 0 aliphatic carbocycles. The lowest BCUT2D eigenvalue weighted by atomic mass is 9.85. The summed E-state index contributed by atoms with van der Waals surface area (Å²) in [6, 6.07) is 5.84. The molecule has 0 aliphatic rings. The molecule has 0 aliphatic heterocycles. The Morgan fingerprint density at radius 1 is 1.41 bits per heavy atom. The molecule has 1 aromatic heterocycles. The number of oxazole rings is 1.